The Morgan fingerprint density at radius 3 is 1.97 bits per heavy atom. The molecule has 4 aromatic carbocycles. The molecule has 5 rings (SSSR count). The standard InChI is InChI=1S/C26H24O5/c1-27-19-10-8-18(9-11-19)26(30-12-13-31-26)23-14-17-6-4-5-7-20(17)21-15-24(28-2)25(29-3)16-22(21)23/h4-11,14-16H,12-13H2,1-3H3. The normalized spacial score (nSPS) is 15.3. The van der Waals surface area contributed by atoms with Gasteiger partial charge in [0.15, 0.2) is 11.5 Å². The molecule has 1 fully saturated rings. The minimum absolute atomic E-state index is 0.508. The summed E-state index contributed by atoms with van der Waals surface area (Å²) in [6.07, 6.45) is 0. The van der Waals surface area contributed by atoms with Crippen molar-refractivity contribution in [1.82, 2.24) is 0 Å². The number of ether oxygens (including phenoxy) is 5. The Bertz CT molecular complexity index is 1240. The lowest BCUT2D eigenvalue weighted by Gasteiger charge is -2.30. The van der Waals surface area contributed by atoms with Crippen LogP contribution >= 0.6 is 0 Å². The van der Waals surface area contributed by atoms with Crippen molar-refractivity contribution in [2.75, 3.05) is 34.5 Å². The second kappa shape index (κ2) is 7.76. The molecule has 1 heterocycles. The summed E-state index contributed by atoms with van der Waals surface area (Å²) >= 11 is 0. The van der Waals surface area contributed by atoms with Crippen LogP contribution in [0.25, 0.3) is 21.5 Å². The molecule has 0 aromatic heterocycles. The molecule has 158 valence electrons. The summed E-state index contributed by atoms with van der Waals surface area (Å²) in [4.78, 5) is 0. The van der Waals surface area contributed by atoms with E-state index in [1.54, 1.807) is 21.3 Å². The van der Waals surface area contributed by atoms with E-state index < -0.39 is 5.79 Å². The van der Waals surface area contributed by atoms with Crippen LogP contribution in [0.1, 0.15) is 11.1 Å². The number of hydrogen-bond acceptors (Lipinski definition) is 5. The highest BCUT2D eigenvalue weighted by molar-refractivity contribution is 6.10. The van der Waals surface area contributed by atoms with E-state index >= 15 is 0 Å². The fraction of sp³-hybridized carbons (Fsp3) is 0.231. The first-order valence-electron chi connectivity index (χ1n) is 10.2. The number of hydrogen-bond donors (Lipinski definition) is 0. The van der Waals surface area contributed by atoms with Crippen molar-refractivity contribution in [1.29, 1.82) is 0 Å². The van der Waals surface area contributed by atoms with Gasteiger partial charge in [-0.25, -0.2) is 0 Å². The van der Waals surface area contributed by atoms with E-state index in [0.29, 0.717) is 24.7 Å². The van der Waals surface area contributed by atoms with Gasteiger partial charge >= 0.3 is 0 Å². The molecule has 0 spiro atoms. The molecule has 0 aliphatic carbocycles. The van der Waals surface area contributed by atoms with Crippen LogP contribution in [0.4, 0.5) is 0 Å². The predicted octanol–water partition coefficient (Wildman–Crippen LogP) is 5.27. The van der Waals surface area contributed by atoms with Gasteiger partial charge in [-0.2, -0.15) is 0 Å². The van der Waals surface area contributed by atoms with Gasteiger partial charge in [-0.3, -0.25) is 0 Å². The molecule has 5 nitrogen and oxygen atoms in total. The fourth-order valence-electron chi connectivity index (χ4n) is 4.40. The van der Waals surface area contributed by atoms with Gasteiger partial charge in [-0.15, -0.1) is 0 Å². The first-order valence-corrected chi connectivity index (χ1v) is 10.2. The summed E-state index contributed by atoms with van der Waals surface area (Å²) in [6, 6.07) is 22.3. The highest BCUT2D eigenvalue weighted by Gasteiger charge is 2.42. The second-order valence-corrected chi connectivity index (χ2v) is 7.44. The first kappa shape index (κ1) is 19.7. The number of methoxy groups -OCH3 is 3. The molecular formula is C26H24O5. The molecular weight excluding hydrogens is 392 g/mol. The third-order valence-corrected chi connectivity index (χ3v) is 5.88. The van der Waals surface area contributed by atoms with E-state index in [4.69, 9.17) is 23.7 Å². The molecule has 0 saturated carbocycles. The van der Waals surface area contributed by atoms with Crippen molar-refractivity contribution >= 4 is 21.5 Å². The zero-order chi connectivity index (χ0) is 21.4. The highest BCUT2D eigenvalue weighted by Crippen LogP contribution is 2.46. The van der Waals surface area contributed by atoms with Crippen molar-refractivity contribution in [2.24, 2.45) is 0 Å². The van der Waals surface area contributed by atoms with Crippen LogP contribution in [0, 0.1) is 0 Å². The molecule has 0 radical (unpaired) electrons. The van der Waals surface area contributed by atoms with E-state index in [9.17, 15) is 0 Å². The molecule has 31 heavy (non-hydrogen) atoms. The van der Waals surface area contributed by atoms with Gasteiger partial charge in [0.2, 0.25) is 5.79 Å². The smallest absolute Gasteiger partial charge is 0.223 e. The maximum Gasteiger partial charge on any atom is 0.223 e. The molecule has 1 aliphatic rings. The van der Waals surface area contributed by atoms with Crippen LogP contribution in [0.2, 0.25) is 0 Å². The van der Waals surface area contributed by atoms with Crippen molar-refractivity contribution in [3.8, 4) is 17.2 Å². The second-order valence-electron chi connectivity index (χ2n) is 7.44. The van der Waals surface area contributed by atoms with E-state index in [-0.39, 0.29) is 0 Å². The molecule has 0 unspecified atom stereocenters. The Balaban J connectivity index is 1.86. The van der Waals surface area contributed by atoms with Crippen LogP contribution in [-0.4, -0.2) is 34.5 Å². The lowest BCUT2D eigenvalue weighted by molar-refractivity contribution is -0.128. The van der Waals surface area contributed by atoms with Crippen LogP contribution in [0.15, 0.2) is 66.7 Å². The lowest BCUT2D eigenvalue weighted by Crippen LogP contribution is -2.29. The zero-order valence-electron chi connectivity index (χ0n) is 17.8. The monoisotopic (exact) mass is 416 g/mol. The SMILES string of the molecule is COc1ccc(C2(c3cc4ccccc4c4cc(OC)c(OC)cc34)OCCO2)cc1. The fourth-order valence-corrected chi connectivity index (χ4v) is 4.40. The Hall–Kier alpha value is -3.28. The zero-order valence-corrected chi connectivity index (χ0v) is 17.8. The lowest BCUT2D eigenvalue weighted by atomic mass is 9.89. The van der Waals surface area contributed by atoms with Gasteiger partial charge in [0.1, 0.15) is 5.75 Å². The Kier molecular flexibility index (Phi) is 4.93. The quantitative estimate of drug-likeness (QED) is 0.415. The molecule has 0 N–H and O–H groups in total. The number of fused-ring (bicyclic) bond motifs is 3. The maximum atomic E-state index is 6.34. The van der Waals surface area contributed by atoms with E-state index in [2.05, 4.69) is 18.2 Å². The number of rotatable bonds is 5. The summed E-state index contributed by atoms with van der Waals surface area (Å²) < 4.78 is 29.2. The molecule has 4 aromatic rings. The molecule has 1 aliphatic heterocycles. The van der Waals surface area contributed by atoms with Gasteiger partial charge in [0, 0.05) is 11.1 Å². The minimum atomic E-state index is -1.02. The molecule has 0 atom stereocenters. The molecule has 0 bridgehead atoms. The van der Waals surface area contributed by atoms with Crippen LogP contribution < -0.4 is 14.2 Å². The van der Waals surface area contributed by atoms with Crippen molar-refractivity contribution < 1.29 is 23.7 Å². The van der Waals surface area contributed by atoms with Crippen molar-refractivity contribution in [2.45, 2.75) is 5.79 Å². The van der Waals surface area contributed by atoms with E-state index in [1.165, 1.54) is 0 Å². The average molecular weight is 416 g/mol. The van der Waals surface area contributed by atoms with Gasteiger partial charge < -0.3 is 23.7 Å². The first-order chi connectivity index (χ1) is 15.2. The Morgan fingerprint density at radius 1 is 0.677 bits per heavy atom. The van der Waals surface area contributed by atoms with Crippen molar-refractivity contribution in [3.63, 3.8) is 0 Å². The average Bonchev–Trinajstić information content (AvgIpc) is 3.33. The topological polar surface area (TPSA) is 46.2 Å². The van der Waals surface area contributed by atoms with E-state index in [0.717, 1.165) is 38.4 Å². The van der Waals surface area contributed by atoms with Gasteiger partial charge in [0.25, 0.3) is 0 Å². The van der Waals surface area contributed by atoms with Crippen LogP contribution in [0.3, 0.4) is 0 Å². The predicted molar refractivity (Wildman–Crippen MR) is 120 cm³/mol. The third-order valence-electron chi connectivity index (χ3n) is 5.88. The van der Waals surface area contributed by atoms with Crippen molar-refractivity contribution in [3.05, 3.63) is 77.9 Å². The highest BCUT2D eigenvalue weighted by atomic mass is 16.7. The van der Waals surface area contributed by atoms with E-state index in [1.807, 2.05) is 48.5 Å². The third kappa shape index (κ3) is 3.09. The van der Waals surface area contributed by atoms with Gasteiger partial charge in [-0.05, 0) is 64.0 Å². The maximum absolute atomic E-state index is 6.34. The molecule has 1 saturated heterocycles. The van der Waals surface area contributed by atoms with Crippen LogP contribution in [-0.2, 0) is 15.3 Å². The summed E-state index contributed by atoms with van der Waals surface area (Å²) in [6.45, 7) is 1.02. The number of benzene rings is 4. The largest absolute Gasteiger partial charge is 0.497 e. The Morgan fingerprint density at radius 2 is 1.32 bits per heavy atom. The van der Waals surface area contributed by atoms with Gasteiger partial charge in [-0.1, -0.05) is 24.3 Å². The van der Waals surface area contributed by atoms with Crippen LogP contribution in [0.5, 0.6) is 17.2 Å². The molecule has 0 amide bonds. The van der Waals surface area contributed by atoms with Gasteiger partial charge in [0.05, 0.1) is 34.5 Å². The molecule has 5 heteroatoms. The summed E-state index contributed by atoms with van der Waals surface area (Å²) in [5.41, 5.74) is 1.85. The minimum Gasteiger partial charge on any atom is -0.497 e. The summed E-state index contributed by atoms with van der Waals surface area (Å²) in [5.74, 6) is 1.11. The Labute approximate surface area is 181 Å². The summed E-state index contributed by atoms with van der Waals surface area (Å²) in [5, 5.41) is 4.28. The summed E-state index contributed by atoms with van der Waals surface area (Å²) in [7, 11) is 4.95.